The molecule has 1 amide bonds. The number of ether oxygens (including phenoxy) is 1. The minimum absolute atomic E-state index is 0.121. The maximum absolute atomic E-state index is 14.2. The lowest BCUT2D eigenvalue weighted by Gasteiger charge is -2.12. The van der Waals surface area contributed by atoms with Crippen molar-refractivity contribution < 1.29 is 35.5 Å². The van der Waals surface area contributed by atoms with Crippen molar-refractivity contribution in [2.45, 2.75) is 11.3 Å². The van der Waals surface area contributed by atoms with E-state index in [0.29, 0.717) is 26.8 Å². The van der Waals surface area contributed by atoms with Crippen LogP contribution in [-0.2, 0) is 10.0 Å². The Hall–Kier alpha value is -2.12. The normalized spacial score (nSPS) is 12.3. The topological polar surface area (TPSA) is 88.3 Å². The second-order valence-corrected chi connectivity index (χ2v) is 8.47. The number of alkyl halides is 3. The third kappa shape index (κ3) is 4.09. The average Bonchev–Trinajstić information content (AvgIpc) is 3.10. The number of carbonyl (C=O) groups is 1. The molecule has 6 nitrogen and oxygen atoms in total. The van der Waals surface area contributed by atoms with Gasteiger partial charge in [0, 0.05) is 5.38 Å². The first-order valence-corrected chi connectivity index (χ1v) is 10.0. The molecule has 2 aromatic heterocycles. The summed E-state index contributed by atoms with van der Waals surface area (Å²) in [4.78, 5) is 13.7. The molecule has 0 saturated heterocycles. The number of hydrogen-bond donors (Lipinski definition) is 2. The summed E-state index contributed by atoms with van der Waals surface area (Å²) in [5.41, 5.74) is 0.443. The van der Waals surface area contributed by atoms with Crippen LogP contribution in [0.4, 0.5) is 17.6 Å². The summed E-state index contributed by atoms with van der Waals surface area (Å²) in [7, 11) is -4.80. The molecule has 0 aliphatic heterocycles. The Morgan fingerprint density at radius 2 is 2.00 bits per heavy atom. The smallest absolute Gasteiger partial charge is 0.403 e. The van der Waals surface area contributed by atoms with Crippen molar-refractivity contribution in [2.24, 2.45) is 0 Å². The number of thiophene rings is 1. The lowest BCUT2D eigenvalue weighted by Crippen LogP contribution is -2.31. The Kier molecular flexibility index (Phi) is 4.94. The molecule has 1 aromatic carbocycles. The fraction of sp³-hybridized carbons (Fsp3) is 0.0714. The van der Waals surface area contributed by atoms with Crippen molar-refractivity contribution in [1.82, 2.24) is 9.71 Å². The molecular formula is C14H7BrF4N2O4S2. The van der Waals surface area contributed by atoms with E-state index in [1.54, 1.807) is 10.1 Å². The van der Waals surface area contributed by atoms with Crippen LogP contribution in [0.3, 0.4) is 0 Å². The molecule has 13 heteroatoms. The first-order chi connectivity index (χ1) is 12.5. The van der Waals surface area contributed by atoms with Gasteiger partial charge in [-0.1, -0.05) is 6.07 Å². The Balaban J connectivity index is 1.90. The van der Waals surface area contributed by atoms with Gasteiger partial charge in [0.25, 0.3) is 15.9 Å². The van der Waals surface area contributed by atoms with Crippen molar-refractivity contribution in [2.75, 3.05) is 0 Å². The van der Waals surface area contributed by atoms with Gasteiger partial charge in [-0.25, -0.2) is 17.5 Å². The van der Waals surface area contributed by atoms with Gasteiger partial charge in [-0.3, -0.25) is 4.79 Å². The maximum Gasteiger partial charge on any atom is 0.573 e. The van der Waals surface area contributed by atoms with Gasteiger partial charge in [-0.15, -0.1) is 24.5 Å². The van der Waals surface area contributed by atoms with Crippen LogP contribution in [0, 0.1) is 5.82 Å². The highest BCUT2D eigenvalue weighted by Gasteiger charge is 2.34. The average molecular weight is 487 g/mol. The molecule has 0 atom stereocenters. The molecule has 0 unspecified atom stereocenters. The molecule has 0 aliphatic carbocycles. The second-order valence-electron chi connectivity index (χ2n) is 5.06. The highest BCUT2D eigenvalue weighted by atomic mass is 79.9. The van der Waals surface area contributed by atoms with Crippen molar-refractivity contribution in [3.63, 3.8) is 0 Å². The zero-order chi connectivity index (χ0) is 20.0. The number of amides is 1. The highest BCUT2D eigenvalue weighted by Crippen LogP contribution is 2.31. The molecule has 0 aliphatic rings. The van der Waals surface area contributed by atoms with Gasteiger partial charge >= 0.3 is 6.36 Å². The molecular weight excluding hydrogens is 480 g/mol. The predicted molar refractivity (Wildman–Crippen MR) is 91.6 cm³/mol. The lowest BCUT2D eigenvalue weighted by molar-refractivity contribution is -0.275. The molecule has 0 saturated carbocycles. The number of halogens is 5. The first kappa shape index (κ1) is 19.6. The first-order valence-electron chi connectivity index (χ1n) is 6.85. The molecule has 3 rings (SSSR count). The number of H-pyrrole nitrogens is 1. The number of sulfonamides is 1. The summed E-state index contributed by atoms with van der Waals surface area (Å²) in [6.07, 6.45) is -5.21. The number of benzene rings is 1. The van der Waals surface area contributed by atoms with Crippen molar-refractivity contribution in [3.8, 4) is 5.75 Å². The monoisotopic (exact) mass is 486 g/mol. The summed E-state index contributed by atoms with van der Waals surface area (Å²) in [5, 5.41) is 1.75. The zero-order valence-electron chi connectivity index (χ0n) is 12.7. The van der Waals surface area contributed by atoms with Crippen LogP contribution in [-0.4, -0.2) is 25.7 Å². The van der Waals surface area contributed by atoms with E-state index < -0.39 is 38.8 Å². The number of hydrogen-bond acceptors (Lipinski definition) is 5. The van der Waals surface area contributed by atoms with E-state index in [-0.39, 0.29) is 5.69 Å². The molecule has 0 bridgehead atoms. The highest BCUT2D eigenvalue weighted by molar-refractivity contribution is 9.10. The Labute approximate surface area is 161 Å². The summed E-state index contributed by atoms with van der Waals surface area (Å²) in [6.45, 7) is 0. The Morgan fingerprint density at radius 1 is 1.30 bits per heavy atom. The Morgan fingerprint density at radius 3 is 2.63 bits per heavy atom. The van der Waals surface area contributed by atoms with Gasteiger partial charge in [0.2, 0.25) is 0 Å². The van der Waals surface area contributed by atoms with E-state index in [9.17, 15) is 30.8 Å². The third-order valence-corrected chi connectivity index (χ3v) is 6.43. The molecule has 0 radical (unpaired) electrons. The van der Waals surface area contributed by atoms with Crippen LogP contribution in [0.25, 0.3) is 10.2 Å². The van der Waals surface area contributed by atoms with Crippen molar-refractivity contribution in [3.05, 3.63) is 45.6 Å². The van der Waals surface area contributed by atoms with E-state index in [0.717, 1.165) is 6.07 Å². The predicted octanol–water partition coefficient (Wildman–Crippen LogP) is 4.15. The SMILES string of the molecule is O=C(NS(=O)(=O)c1cccc(OC(F)(F)F)c1F)c1cc2scc(Br)c2[nH]1. The molecule has 2 N–H and O–H groups in total. The van der Waals surface area contributed by atoms with Crippen LogP contribution < -0.4 is 9.46 Å². The summed E-state index contributed by atoms with van der Waals surface area (Å²) in [6, 6.07) is 3.55. The molecule has 27 heavy (non-hydrogen) atoms. The number of aromatic amines is 1. The molecule has 144 valence electrons. The minimum Gasteiger partial charge on any atom is -0.403 e. The van der Waals surface area contributed by atoms with Gasteiger partial charge in [0.15, 0.2) is 11.6 Å². The summed E-state index contributed by atoms with van der Waals surface area (Å²) in [5.74, 6) is -4.21. The van der Waals surface area contributed by atoms with E-state index in [1.807, 2.05) is 0 Å². The van der Waals surface area contributed by atoms with Crippen LogP contribution in [0.5, 0.6) is 5.75 Å². The van der Waals surface area contributed by atoms with Crippen molar-refractivity contribution >= 4 is 53.4 Å². The van der Waals surface area contributed by atoms with Crippen LogP contribution in [0.2, 0.25) is 0 Å². The van der Waals surface area contributed by atoms with Gasteiger partial charge in [0.1, 0.15) is 10.6 Å². The number of nitrogens with one attached hydrogen (secondary N) is 2. The van der Waals surface area contributed by atoms with E-state index in [2.05, 4.69) is 25.7 Å². The van der Waals surface area contributed by atoms with E-state index >= 15 is 0 Å². The van der Waals surface area contributed by atoms with Crippen molar-refractivity contribution in [1.29, 1.82) is 0 Å². The van der Waals surface area contributed by atoms with Crippen LogP contribution >= 0.6 is 27.3 Å². The van der Waals surface area contributed by atoms with Gasteiger partial charge in [-0.05, 0) is 34.1 Å². The third-order valence-electron chi connectivity index (χ3n) is 3.22. The summed E-state index contributed by atoms with van der Waals surface area (Å²) >= 11 is 4.53. The molecule has 0 fully saturated rings. The van der Waals surface area contributed by atoms with Gasteiger partial charge in [0.05, 0.1) is 14.7 Å². The van der Waals surface area contributed by atoms with E-state index in [4.69, 9.17) is 0 Å². The van der Waals surface area contributed by atoms with Gasteiger partial charge in [-0.2, -0.15) is 0 Å². The number of rotatable bonds is 4. The number of carbonyl (C=O) groups excluding carboxylic acids is 1. The minimum atomic E-state index is -5.21. The largest absolute Gasteiger partial charge is 0.573 e. The molecule has 2 heterocycles. The fourth-order valence-electron chi connectivity index (χ4n) is 2.14. The number of aromatic nitrogens is 1. The van der Waals surface area contributed by atoms with Gasteiger partial charge < -0.3 is 9.72 Å². The quantitative estimate of drug-likeness (QED) is 0.542. The van der Waals surface area contributed by atoms with Crippen LogP contribution in [0.1, 0.15) is 10.5 Å². The van der Waals surface area contributed by atoms with Crippen LogP contribution in [0.15, 0.2) is 39.0 Å². The second kappa shape index (κ2) is 6.80. The summed E-state index contributed by atoms with van der Waals surface area (Å²) < 4.78 is 81.8. The lowest BCUT2D eigenvalue weighted by atomic mass is 10.3. The zero-order valence-corrected chi connectivity index (χ0v) is 15.9. The Bertz CT molecular complexity index is 1140. The van der Waals surface area contributed by atoms with E-state index in [1.165, 1.54) is 17.4 Å². The number of fused-ring (bicyclic) bond motifs is 1. The molecule has 3 aromatic rings. The molecule has 0 spiro atoms. The maximum atomic E-state index is 14.2. The standard InChI is InChI=1S/C14H7BrF4N2O4S2/c15-6-5-26-9-4-7(20-12(6)9)13(22)21-27(23,24)10-3-1-2-8(11(10)16)25-14(17,18)19/h1-5,20H,(H,21,22). The fourth-order valence-corrected chi connectivity index (χ4v) is 4.73.